The molecule has 26 heavy (non-hydrogen) atoms. The first-order valence-electron chi connectivity index (χ1n) is 8.93. The van der Waals surface area contributed by atoms with Crippen LogP contribution in [0.2, 0.25) is 0 Å². The van der Waals surface area contributed by atoms with Crippen molar-refractivity contribution in [3.8, 4) is 11.4 Å². The van der Waals surface area contributed by atoms with Crippen LogP contribution in [-0.2, 0) is 4.74 Å². The largest absolute Gasteiger partial charge is 0.399 e. The second-order valence-corrected chi connectivity index (χ2v) is 6.89. The number of nitrogen functional groups attached to an aromatic ring is 1. The van der Waals surface area contributed by atoms with Crippen molar-refractivity contribution in [2.75, 3.05) is 24.2 Å². The molecular weight excluding hydrogens is 324 g/mol. The van der Waals surface area contributed by atoms with E-state index in [4.69, 9.17) is 20.4 Å². The van der Waals surface area contributed by atoms with Crippen LogP contribution >= 0.6 is 0 Å². The lowest BCUT2D eigenvalue weighted by molar-refractivity contribution is 0.0237. The molecule has 3 rings (SSSR count). The molecule has 0 spiro atoms. The number of para-hydroxylation sites is 1. The van der Waals surface area contributed by atoms with Gasteiger partial charge in [0, 0.05) is 30.2 Å². The number of hydrogen-bond donors (Lipinski definition) is 1. The Morgan fingerprint density at radius 2 is 1.69 bits per heavy atom. The first-order valence-corrected chi connectivity index (χ1v) is 8.93. The van der Waals surface area contributed by atoms with E-state index in [-0.39, 0.29) is 12.2 Å². The molecule has 1 aromatic heterocycles. The van der Waals surface area contributed by atoms with Crippen LogP contribution in [0.5, 0.6) is 0 Å². The number of fused-ring (bicyclic) bond motifs is 1. The number of aromatic nitrogens is 2. The summed E-state index contributed by atoms with van der Waals surface area (Å²) in [6.07, 6.45) is 0.305. The van der Waals surface area contributed by atoms with Gasteiger partial charge < -0.3 is 15.4 Å². The fraction of sp³-hybridized carbons (Fsp3) is 0.333. The van der Waals surface area contributed by atoms with Gasteiger partial charge in [0.25, 0.3) is 0 Å². The fourth-order valence-corrected chi connectivity index (χ4v) is 3.09. The average Bonchev–Trinajstić information content (AvgIpc) is 2.60. The maximum Gasteiger partial charge on any atom is 0.162 e. The number of anilines is 2. The minimum absolute atomic E-state index is 0.105. The summed E-state index contributed by atoms with van der Waals surface area (Å²) in [6, 6.07) is 15.7. The highest BCUT2D eigenvalue weighted by Gasteiger charge is 2.15. The van der Waals surface area contributed by atoms with Gasteiger partial charge in [-0.2, -0.15) is 0 Å². The van der Waals surface area contributed by atoms with Crippen molar-refractivity contribution in [2.24, 2.45) is 0 Å². The van der Waals surface area contributed by atoms with Gasteiger partial charge >= 0.3 is 0 Å². The molecule has 1 atom stereocenters. The summed E-state index contributed by atoms with van der Waals surface area (Å²) in [6.45, 7) is 6.94. The number of rotatable bonds is 6. The van der Waals surface area contributed by atoms with Gasteiger partial charge in [0.1, 0.15) is 5.82 Å². The minimum atomic E-state index is 0.105. The summed E-state index contributed by atoms with van der Waals surface area (Å²) < 4.78 is 5.88. The molecule has 0 aliphatic heterocycles. The topological polar surface area (TPSA) is 64.3 Å². The van der Waals surface area contributed by atoms with Crippen LogP contribution in [0.4, 0.5) is 11.5 Å². The molecule has 1 heterocycles. The van der Waals surface area contributed by atoms with Crippen molar-refractivity contribution in [1.29, 1.82) is 0 Å². The second kappa shape index (κ2) is 7.70. The third-order valence-corrected chi connectivity index (χ3v) is 4.15. The van der Waals surface area contributed by atoms with Gasteiger partial charge in [-0.1, -0.05) is 12.1 Å². The summed E-state index contributed by atoms with van der Waals surface area (Å²) in [7, 11) is 2.04. The van der Waals surface area contributed by atoms with Crippen molar-refractivity contribution < 1.29 is 4.74 Å². The number of ether oxygens (including phenoxy) is 1. The summed E-state index contributed by atoms with van der Waals surface area (Å²) in [5.41, 5.74) is 8.41. The Balaban J connectivity index is 2.01. The molecule has 0 aliphatic rings. The Kier molecular flexibility index (Phi) is 5.38. The molecule has 136 valence electrons. The number of likely N-dealkylation sites (N-methyl/N-ethyl adjacent to an activating group) is 1. The van der Waals surface area contributed by atoms with Gasteiger partial charge in [-0.25, -0.2) is 9.97 Å². The highest BCUT2D eigenvalue weighted by molar-refractivity contribution is 5.91. The van der Waals surface area contributed by atoms with Gasteiger partial charge in [0.2, 0.25) is 0 Å². The average molecular weight is 350 g/mol. The summed E-state index contributed by atoms with van der Waals surface area (Å²) in [5, 5.41) is 1.03. The molecule has 2 aromatic carbocycles. The number of nitrogens with two attached hydrogens (primary N) is 1. The van der Waals surface area contributed by atoms with E-state index >= 15 is 0 Å². The highest BCUT2D eigenvalue weighted by Crippen LogP contribution is 2.27. The predicted molar refractivity (Wildman–Crippen MR) is 108 cm³/mol. The minimum Gasteiger partial charge on any atom is -0.399 e. The van der Waals surface area contributed by atoms with Crippen molar-refractivity contribution in [3.05, 3.63) is 48.5 Å². The molecular formula is C21H26N4O. The monoisotopic (exact) mass is 350 g/mol. The van der Waals surface area contributed by atoms with Crippen molar-refractivity contribution in [2.45, 2.75) is 33.0 Å². The normalized spacial score (nSPS) is 12.5. The molecule has 3 aromatic rings. The quantitative estimate of drug-likeness (QED) is 0.677. The SMILES string of the molecule is CC(C)OC(C)CN(C)c1nc(-c2ccc(N)cc2)nc2ccccc12. The van der Waals surface area contributed by atoms with Crippen LogP contribution in [0.15, 0.2) is 48.5 Å². The lowest BCUT2D eigenvalue weighted by atomic mass is 10.1. The standard InChI is InChI=1S/C21H26N4O/c1-14(2)26-15(3)13-25(4)21-18-7-5-6-8-19(18)23-20(24-21)16-9-11-17(22)12-10-16/h5-12,14-15H,13,22H2,1-4H3. The highest BCUT2D eigenvalue weighted by atomic mass is 16.5. The van der Waals surface area contributed by atoms with Crippen LogP contribution in [0.25, 0.3) is 22.3 Å². The Morgan fingerprint density at radius 1 is 1.00 bits per heavy atom. The molecule has 0 radical (unpaired) electrons. The van der Waals surface area contributed by atoms with Crippen LogP contribution in [0.3, 0.4) is 0 Å². The fourth-order valence-electron chi connectivity index (χ4n) is 3.09. The smallest absolute Gasteiger partial charge is 0.162 e. The maximum atomic E-state index is 5.88. The molecule has 5 heteroatoms. The van der Waals surface area contributed by atoms with Crippen LogP contribution in [0.1, 0.15) is 20.8 Å². The third kappa shape index (κ3) is 4.11. The lowest BCUT2D eigenvalue weighted by Gasteiger charge is -2.25. The Bertz CT molecular complexity index is 877. The lowest BCUT2D eigenvalue weighted by Crippen LogP contribution is -2.31. The van der Waals surface area contributed by atoms with E-state index in [1.165, 1.54) is 0 Å². The molecule has 0 aliphatic carbocycles. The van der Waals surface area contributed by atoms with Gasteiger partial charge in [0.05, 0.1) is 17.7 Å². The zero-order valence-electron chi connectivity index (χ0n) is 15.8. The van der Waals surface area contributed by atoms with Gasteiger partial charge in [-0.05, 0) is 57.2 Å². The van der Waals surface area contributed by atoms with E-state index in [0.29, 0.717) is 5.82 Å². The molecule has 0 amide bonds. The Labute approximate surface area is 154 Å². The molecule has 1 unspecified atom stereocenters. The van der Waals surface area contributed by atoms with Gasteiger partial charge in [-0.3, -0.25) is 0 Å². The molecule has 0 saturated heterocycles. The molecule has 0 fully saturated rings. The maximum absolute atomic E-state index is 5.88. The van der Waals surface area contributed by atoms with Crippen molar-refractivity contribution >= 4 is 22.4 Å². The van der Waals surface area contributed by atoms with Crippen molar-refractivity contribution in [1.82, 2.24) is 9.97 Å². The summed E-state index contributed by atoms with van der Waals surface area (Å²) in [5.74, 6) is 1.60. The van der Waals surface area contributed by atoms with E-state index in [0.717, 1.165) is 34.5 Å². The van der Waals surface area contributed by atoms with Crippen LogP contribution in [0, 0.1) is 0 Å². The van der Waals surface area contributed by atoms with E-state index in [1.54, 1.807) is 0 Å². The van der Waals surface area contributed by atoms with E-state index in [2.05, 4.69) is 31.7 Å². The van der Waals surface area contributed by atoms with E-state index in [9.17, 15) is 0 Å². The zero-order valence-corrected chi connectivity index (χ0v) is 15.8. The summed E-state index contributed by atoms with van der Waals surface area (Å²) >= 11 is 0. The number of nitrogens with zero attached hydrogens (tertiary/aromatic N) is 3. The Hall–Kier alpha value is -2.66. The molecule has 5 nitrogen and oxygen atoms in total. The predicted octanol–water partition coefficient (Wildman–Crippen LogP) is 4.13. The van der Waals surface area contributed by atoms with E-state index < -0.39 is 0 Å². The molecule has 0 saturated carbocycles. The molecule has 0 bridgehead atoms. The summed E-state index contributed by atoms with van der Waals surface area (Å²) in [4.78, 5) is 11.7. The van der Waals surface area contributed by atoms with Crippen molar-refractivity contribution in [3.63, 3.8) is 0 Å². The first kappa shape index (κ1) is 18.1. The number of hydrogen-bond acceptors (Lipinski definition) is 5. The third-order valence-electron chi connectivity index (χ3n) is 4.15. The second-order valence-electron chi connectivity index (χ2n) is 6.89. The molecule has 2 N–H and O–H groups in total. The van der Waals surface area contributed by atoms with Crippen LogP contribution in [-0.4, -0.2) is 35.8 Å². The first-order chi connectivity index (χ1) is 12.4. The zero-order chi connectivity index (χ0) is 18.7. The van der Waals surface area contributed by atoms with Crippen LogP contribution < -0.4 is 10.6 Å². The Morgan fingerprint density at radius 3 is 2.38 bits per heavy atom. The van der Waals surface area contributed by atoms with Gasteiger partial charge in [-0.15, -0.1) is 0 Å². The van der Waals surface area contributed by atoms with E-state index in [1.807, 2.05) is 49.5 Å². The number of benzene rings is 2. The van der Waals surface area contributed by atoms with Gasteiger partial charge in [0.15, 0.2) is 5.82 Å².